The number of aromatic nitrogens is 3. The van der Waals surface area contributed by atoms with E-state index in [1.54, 1.807) is 0 Å². The fourth-order valence-electron chi connectivity index (χ4n) is 7.02. The molecule has 2 heterocycles. The summed E-state index contributed by atoms with van der Waals surface area (Å²) >= 11 is 1.84. The molecule has 0 amide bonds. The summed E-state index contributed by atoms with van der Waals surface area (Å²) in [6.07, 6.45) is 0. The second kappa shape index (κ2) is 12.4. The van der Waals surface area contributed by atoms with E-state index >= 15 is 0 Å². The molecule has 0 spiro atoms. The predicted octanol–water partition coefficient (Wildman–Crippen LogP) is 12.2. The van der Waals surface area contributed by atoms with Gasteiger partial charge in [-0.25, -0.2) is 0 Å². The lowest BCUT2D eigenvalue weighted by molar-refractivity contribution is 0.879. The molecule has 0 radical (unpaired) electrons. The SMILES string of the molecule is c1ccc(-c2ccccc2-c2c(-c3ccccc3)nnnc2-c2cccc(-c3ccccc3)c2-c2cccc3sc4ccccc4c23)cc1. The second-order valence-electron chi connectivity index (χ2n) is 12.0. The summed E-state index contributed by atoms with van der Waals surface area (Å²) in [5, 5.41) is 16.7. The lowest BCUT2D eigenvalue weighted by atomic mass is 9.84. The van der Waals surface area contributed by atoms with Crippen LogP contribution in [0, 0.1) is 0 Å². The molecule has 0 saturated heterocycles. The molecule has 4 heteroatoms. The zero-order valence-electron chi connectivity index (χ0n) is 26.5. The molecule has 3 nitrogen and oxygen atoms in total. The van der Waals surface area contributed by atoms with Crippen molar-refractivity contribution in [2.75, 3.05) is 0 Å². The second-order valence-corrected chi connectivity index (χ2v) is 13.1. The smallest absolute Gasteiger partial charge is 0.105 e. The Bertz CT molecular complexity index is 2590. The summed E-state index contributed by atoms with van der Waals surface area (Å²) in [7, 11) is 0. The number of thiophene rings is 1. The van der Waals surface area contributed by atoms with Crippen LogP contribution in [0.1, 0.15) is 0 Å². The highest BCUT2D eigenvalue weighted by atomic mass is 32.1. The van der Waals surface area contributed by atoms with E-state index in [1.807, 2.05) is 29.5 Å². The first-order valence-electron chi connectivity index (χ1n) is 16.4. The van der Waals surface area contributed by atoms with Crippen LogP contribution in [0.2, 0.25) is 0 Å². The van der Waals surface area contributed by atoms with E-state index in [0.717, 1.165) is 61.5 Å². The molecule has 2 aromatic heterocycles. The third kappa shape index (κ3) is 5.10. The molecule has 0 unspecified atom stereocenters. The highest BCUT2D eigenvalue weighted by Gasteiger charge is 2.25. The largest absolute Gasteiger partial charge is 0.135 e. The van der Waals surface area contributed by atoms with Gasteiger partial charge in [0.2, 0.25) is 0 Å². The predicted molar refractivity (Wildman–Crippen MR) is 205 cm³/mol. The molecule has 0 N–H and O–H groups in total. The van der Waals surface area contributed by atoms with Gasteiger partial charge in [-0.2, -0.15) is 0 Å². The van der Waals surface area contributed by atoms with E-state index in [1.165, 1.54) is 25.7 Å². The zero-order valence-corrected chi connectivity index (χ0v) is 27.3. The maximum Gasteiger partial charge on any atom is 0.105 e. The zero-order chi connectivity index (χ0) is 32.6. The van der Waals surface area contributed by atoms with Gasteiger partial charge in [0, 0.05) is 36.9 Å². The fourth-order valence-corrected chi connectivity index (χ4v) is 8.15. The highest BCUT2D eigenvalue weighted by Crippen LogP contribution is 2.49. The van der Waals surface area contributed by atoms with E-state index < -0.39 is 0 Å². The van der Waals surface area contributed by atoms with E-state index in [9.17, 15) is 0 Å². The number of nitrogens with zero attached hydrogens (tertiary/aromatic N) is 3. The molecule has 0 saturated carbocycles. The van der Waals surface area contributed by atoms with Gasteiger partial charge in [-0.15, -0.1) is 21.5 Å². The van der Waals surface area contributed by atoms with Gasteiger partial charge >= 0.3 is 0 Å². The van der Waals surface area contributed by atoms with E-state index in [4.69, 9.17) is 10.2 Å². The first-order valence-corrected chi connectivity index (χ1v) is 17.2. The lowest BCUT2D eigenvalue weighted by Crippen LogP contribution is -2.02. The summed E-state index contributed by atoms with van der Waals surface area (Å²) in [5.74, 6) is 0. The van der Waals surface area contributed by atoms with Crippen molar-refractivity contribution in [2.45, 2.75) is 0 Å². The quantitative estimate of drug-likeness (QED) is 0.181. The molecule has 0 aliphatic heterocycles. The third-order valence-corrected chi connectivity index (χ3v) is 10.3. The van der Waals surface area contributed by atoms with Gasteiger partial charge in [0.1, 0.15) is 11.4 Å². The van der Waals surface area contributed by atoms with Crippen molar-refractivity contribution < 1.29 is 0 Å². The van der Waals surface area contributed by atoms with Crippen molar-refractivity contribution in [1.82, 2.24) is 15.4 Å². The van der Waals surface area contributed by atoms with E-state index in [-0.39, 0.29) is 0 Å². The van der Waals surface area contributed by atoms with Crippen LogP contribution < -0.4 is 0 Å². The average molecular weight is 644 g/mol. The Morgan fingerprint density at radius 2 is 0.837 bits per heavy atom. The molecule has 230 valence electrons. The van der Waals surface area contributed by atoms with Crippen LogP contribution in [0.25, 0.3) is 87.2 Å². The summed E-state index contributed by atoms with van der Waals surface area (Å²) < 4.78 is 2.53. The summed E-state index contributed by atoms with van der Waals surface area (Å²) in [6, 6.07) is 62.0. The standard InChI is InChI=1S/C45H29N3S/c1-4-16-30(17-5-1)33-22-10-11-23-35(33)43-44(32-20-8-3-9-21-32)46-48-47-45(43)38-27-14-25-34(31-18-6-2-7-19-31)41(38)37-26-15-29-40-42(37)36-24-12-13-28-39(36)49-40/h1-29H. The Balaban J connectivity index is 1.42. The maximum absolute atomic E-state index is 4.94. The van der Waals surface area contributed by atoms with Gasteiger partial charge < -0.3 is 0 Å². The minimum Gasteiger partial charge on any atom is -0.135 e. The molecule has 7 aromatic carbocycles. The van der Waals surface area contributed by atoms with Crippen molar-refractivity contribution >= 4 is 31.5 Å². The number of fused-ring (bicyclic) bond motifs is 3. The Hall–Kier alpha value is -6.23. The van der Waals surface area contributed by atoms with Gasteiger partial charge in [-0.05, 0) is 56.3 Å². The molecule has 9 aromatic rings. The van der Waals surface area contributed by atoms with Gasteiger partial charge in [-0.1, -0.05) is 164 Å². The minimum absolute atomic E-state index is 0.793. The minimum atomic E-state index is 0.793. The summed E-state index contributed by atoms with van der Waals surface area (Å²) in [5.41, 5.74) is 12.4. The average Bonchev–Trinajstić information content (AvgIpc) is 3.57. The molecule has 49 heavy (non-hydrogen) atoms. The number of hydrogen-bond donors (Lipinski definition) is 0. The first-order chi connectivity index (χ1) is 24.3. The topological polar surface area (TPSA) is 38.7 Å². The fraction of sp³-hybridized carbons (Fsp3) is 0. The molecule has 0 aliphatic carbocycles. The number of rotatable bonds is 6. The van der Waals surface area contributed by atoms with Crippen molar-refractivity contribution in [3.63, 3.8) is 0 Å². The molecule has 9 rings (SSSR count). The Kier molecular flexibility index (Phi) is 7.34. The van der Waals surface area contributed by atoms with Crippen LogP contribution in [0.3, 0.4) is 0 Å². The Morgan fingerprint density at radius 1 is 0.327 bits per heavy atom. The molecule has 0 fully saturated rings. The van der Waals surface area contributed by atoms with Crippen LogP contribution in [0.15, 0.2) is 176 Å². The number of hydrogen-bond acceptors (Lipinski definition) is 4. The van der Waals surface area contributed by atoms with Gasteiger partial charge in [0.15, 0.2) is 0 Å². The van der Waals surface area contributed by atoms with Crippen LogP contribution >= 0.6 is 11.3 Å². The molecule has 0 atom stereocenters. The normalized spacial score (nSPS) is 11.3. The van der Waals surface area contributed by atoms with Crippen LogP contribution in [0.4, 0.5) is 0 Å². The van der Waals surface area contributed by atoms with Crippen LogP contribution in [0.5, 0.6) is 0 Å². The molecule has 0 aliphatic rings. The first kappa shape index (κ1) is 29.0. The van der Waals surface area contributed by atoms with Crippen LogP contribution in [-0.2, 0) is 0 Å². The van der Waals surface area contributed by atoms with Crippen molar-refractivity contribution in [3.05, 3.63) is 176 Å². The lowest BCUT2D eigenvalue weighted by Gasteiger charge is -2.20. The van der Waals surface area contributed by atoms with Gasteiger partial charge in [0.25, 0.3) is 0 Å². The van der Waals surface area contributed by atoms with Crippen molar-refractivity contribution in [1.29, 1.82) is 0 Å². The van der Waals surface area contributed by atoms with Crippen molar-refractivity contribution in [3.8, 4) is 67.0 Å². The Labute approximate surface area is 288 Å². The van der Waals surface area contributed by atoms with E-state index in [2.05, 4.69) is 163 Å². The Morgan fingerprint density at radius 3 is 1.59 bits per heavy atom. The number of benzene rings is 7. The summed E-state index contributed by atoms with van der Waals surface area (Å²) in [4.78, 5) is 0. The highest BCUT2D eigenvalue weighted by molar-refractivity contribution is 7.25. The van der Waals surface area contributed by atoms with Gasteiger partial charge in [0.05, 0.1) is 0 Å². The monoisotopic (exact) mass is 643 g/mol. The molecule has 0 bridgehead atoms. The van der Waals surface area contributed by atoms with Crippen molar-refractivity contribution in [2.24, 2.45) is 0 Å². The van der Waals surface area contributed by atoms with Gasteiger partial charge in [-0.3, -0.25) is 0 Å². The van der Waals surface area contributed by atoms with Crippen LogP contribution in [-0.4, -0.2) is 15.4 Å². The van der Waals surface area contributed by atoms with E-state index in [0.29, 0.717) is 0 Å². The third-order valence-electron chi connectivity index (χ3n) is 9.17. The molecular weight excluding hydrogens is 615 g/mol. The molecular formula is C45H29N3S. The maximum atomic E-state index is 4.94. The summed E-state index contributed by atoms with van der Waals surface area (Å²) in [6.45, 7) is 0.